The van der Waals surface area contributed by atoms with Crippen molar-refractivity contribution in [3.63, 3.8) is 0 Å². The number of methoxy groups -OCH3 is 1. The number of rotatable bonds is 7. The molecular weight excluding hydrogens is 396 g/mol. The van der Waals surface area contributed by atoms with Crippen LogP contribution in [0.3, 0.4) is 0 Å². The van der Waals surface area contributed by atoms with E-state index in [1.165, 1.54) is 49.5 Å². The second kappa shape index (κ2) is 9.56. The van der Waals surface area contributed by atoms with Gasteiger partial charge in [0.2, 0.25) is 5.91 Å². The molecule has 1 saturated carbocycles. The van der Waals surface area contributed by atoms with Gasteiger partial charge >= 0.3 is 5.97 Å². The molecule has 1 N–H and O–H groups in total. The lowest BCUT2D eigenvalue weighted by molar-refractivity contribution is -0.113. The van der Waals surface area contributed by atoms with Crippen LogP contribution in [0.2, 0.25) is 0 Å². The summed E-state index contributed by atoms with van der Waals surface area (Å²) in [6, 6.07) is 1.73. The van der Waals surface area contributed by atoms with E-state index in [0.717, 1.165) is 35.2 Å². The van der Waals surface area contributed by atoms with Gasteiger partial charge in [0, 0.05) is 17.3 Å². The molecular formula is C19H26N4O3S2. The molecule has 7 nitrogen and oxygen atoms in total. The summed E-state index contributed by atoms with van der Waals surface area (Å²) in [5.41, 5.74) is 0.389. The van der Waals surface area contributed by atoms with Crippen LogP contribution in [0.25, 0.3) is 0 Å². The first-order chi connectivity index (χ1) is 13.5. The Hall–Kier alpha value is -1.87. The molecule has 0 radical (unpaired) electrons. The number of hydrogen-bond donors (Lipinski definition) is 1. The quantitative estimate of drug-likeness (QED) is 0.531. The van der Waals surface area contributed by atoms with Gasteiger partial charge < -0.3 is 14.6 Å². The smallest absolute Gasteiger partial charge is 0.340 e. The van der Waals surface area contributed by atoms with E-state index in [9.17, 15) is 9.59 Å². The Kier molecular flexibility index (Phi) is 7.12. The zero-order chi connectivity index (χ0) is 20.1. The summed E-state index contributed by atoms with van der Waals surface area (Å²) in [5, 5.41) is 12.9. The zero-order valence-corrected chi connectivity index (χ0v) is 18.1. The average molecular weight is 423 g/mol. The summed E-state index contributed by atoms with van der Waals surface area (Å²) >= 11 is 2.74. The van der Waals surface area contributed by atoms with Gasteiger partial charge in [-0.25, -0.2) is 4.79 Å². The van der Waals surface area contributed by atoms with Crippen LogP contribution >= 0.6 is 23.1 Å². The SMILES string of the molecule is CCn1c(SCC(=O)Nc2sc(C)cc2C(=O)OC)nnc1C1CCCCC1. The number of nitrogens with one attached hydrogen (secondary N) is 1. The summed E-state index contributed by atoms with van der Waals surface area (Å²) in [5.74, 6) is 1.10. The minimum absolute atomic E-state index is 0.179. The molecule has 0 aliphatic heterocycles. The van der Waals surface area contributed by atoms with Crippen LogP contribution in [0.15, 0.2) is 11.2 Å². The Labute approximate surface area is 173 Å². The van der Waals surface area contributed by atoms with E-state index >= 15 is 0 Å². The lowest BCUT2D eigenvalue weighted by Gasteiger charge is -2.21. The molecule has 1 fully saturated rings. The summed E-state index contributed by atoms with van der Waals surface area (Å²) in [6.45, 7) is 4.76. The van der Waals surface area contributed by atoms with Crippen LogP contribution in [0, 0.1) is 6.92 Å². The number of aromatic nitrogens is 3. The molecule has 28 heavy (non-hydrogen) atoms. The summed E-state index contributed by atoms with van der Waals surface area (Å²) in [4.78, 5) is 25.2. The van der Waals surface area contributed by atoms with Crippen molar-refractivity contribution in [1.82, 2.24) is 14.8 Å². The summed E-state index contributed by atoms with van der Waals surface area (Å²) in [7, 11) is 1.33. The maximum atomic E-state index is 12.4. The minimum atomic E-state index is -0.449. The lowest BCUT2D eigenvalue weighted by Crippen LogP contribution is -2.16. The molecule has 0 atom stereocenters. The Morgan fingerprint density at radius 3 is 2.75 bits per heavy atom. The van der Waals surface area contributed by atoms with Crippen molar-refractivity contribution < 1.29 is 14.3 Å². The van der Waals surface area contributed by atoms with Crippen molar-refractivity contribution in [3.8, 4) is 0 Å². The number of amides is 1. The summed E-state index contributed by atoms with van der Waals surface area (Å²) in [6.07, 6.45) is 6.12. The van der Waals surface area contributed by atoms with Crippen LogP contribution in [0.5, 0.6) is 0 Å². The number of esters is 1. The van der Waals surface area contributed by atoms with E-state index in [0.29, 0.717) is 16.5 Å². The molecule has 0 bridgehead atoms. The first-order valence-corrected chi connectivity index (χ1v) is 11.4. The highest BCUT2D eigenvalue weighted by atomic mass is 32.2. The van der Waals surface area contributed by atoms with E-state index in [-0.39, 0.29) is 11.7 Å². The van der Waals surface area contributed by atoms with Crippen LogP contribution in [0.4, 0.5) is 5.00 Å². The molecule has 9 heteroatoms. The van der Waals surface area contributed by atoms with E-state index in [4.69, 9.17) is 4.74 Å². The number of thiophene rings is 1. The van der Waals surface area contributed by atoms with E-state index in [1.54, 1.807) is 6.07 Å². The number of anilines is 1. The van der Waals surface area contributed by atoms with Crippen molar-refractivity contribution in [2.24, 2.45) is 0 Å². The van der Waals surface area contributed by atoms with Gasteiger partial charge in [0.25, 0.3) is 0 Å². The topological polar surface area (TPSA) is 86.1 Å². The fraction of sp³-hybridized carbons (Fsp3) is 0.579. The molecule has 0 aromatic carbocycles. The number of carbonyl (C=O) groups excluding carboxylic acids is 2. The molecule has 1 amide bonds. The Balaban J connectivity index is 1.64. The number of nitrogens with zero attached hydrogens (tertiary/aromatic N) is 3. The van der Waals surface area contributed by atoms with Gasteiger partial charge in [-0.05, 0) is 32.8 Å². The number of hydrogen-bond acceptors (Lipinski definition) is 7. The zero-order valence-electron chi connectivity index (χ0n) is 16.5. The normalized spacial score (nSPS) is 14.8. The molecule has 3 rings (SSSR count). The third-order valence-corrected chi connectivity index (χ3v) is 6.81. The van der Waals surface area contributed by atoms with Crippen LogP contribution in [-0.2, 0) is 16.1 Å². The van der Waals surface area contributed by atoms with Crippen LogP contribution in [0.1, 0.15) is 66.0 Å². The molecule has 2 aromatic heterocycles. The highest BCUT2D eigenvalue weighted by Gasteiger charge is 2.23. The maximum absolute atomic E-state index is 12.4. The molecule has 0 spiro atoms. The van der Waals surface area contributed by atoms with Gasteiger partial charge in [-0.2, -0.15) is 0 Å². The Bertz CT molecular complexity index is 840. The van der Waals surface area contributed by atoms with Gasteiger partial charge in [-0.15, -0.1) is 21.5 Å². The number of carbonyl (C=O) groups is 2. The third-order valence-electron chi connectivity index (χ3n) is 4.88. The maximum Gasteiger partial charge on any atom is 0.340 e. The molecule has 1 aliphatic carbocycles. The van der Waals surface area contributed by atoms with Crippen molar-refractivity contribution >= 4 is 40.0 Å². The van der Waals surface area contributed by atoms with Crippen molar-refractivity contribution in [2.75, 3.05) is 18.2 Å². The van der Waals surface area contributed by atoms with Gasteiger partial charge in [0.1, 0.15) is 10.8 Å². The highest BCUT2D eigenvalue weighted by molar-refractivity contribution is 7.99. The predicted octanol–water partition coefficient (Wildman–Crippen LogP) is 4.23. The van der Waals surface area contributed by atoms with Crippen LogP contribution in [-0.4, -0.2) is 39.5 Å². The fourth-order valence-corrected chi connectivity index (χ4v) is 5.25. The van der Waals surface area contributed by atoms with Crippen molar-refractivity contribution in [3.05, 3.63) is 22.3 Å². The fourth-order valence-electron chi connectivity index (χ4n) is 3.53. The monoisotopic (exact) mass is 422 g/mol. The molecule has 0 saturated heterocycles. The van der Waals surface area contributed by atoms with Crippen LogP contribution < -0.4 is 5.32 Å². The Morgan fingerprint density at radius 1 is 1.32 bits per heavy atom. The lowest BCUT2D eigenvalue weighted by atomic mass is 9.89. The van der Waals surface area contributed by atoms with Gasteiger partial charge in [-0.3, -0.25) is 4.79 Å². The largest absolute Gasteiger partial charge is 0.465 e. The number of thioether (sulfide) groups is 1. The van der Waals surface area contributed by atoms with Gasteiger partial charge in [0.05, 0.1) is 18.4 Å². The third kappa shape index (κ3) is 4.75. The number of aryl methyl sites for hydroxylation is 1. The molecule has 2 heterocycles. The van der Waals surface area contributed by atoms with Crippen molar-refractivity contribution in [2.45, 2.75) is 63.6 Å². The summed E-state index contributed by atoms with van der Waals surface area (Å²) < 4.78 is 6.91. The standard InChI is InChI=1S/C19H26N4O3S2/c1-4-23-16(13-8-6-5-7-9-13)21-22-19(23)27-11-15(24)20-17-14(18(25)26-3)10-12(2)28-17/h10,13H,4-9,11H2,1-3H3,(H,20,24). The van der Waals surface area contributed by atoms with E-state index in [2.05, 4.69) is 27.0 Å². The first kappa shape index (κ1) is 20.9. The minimum Gasteiger partial charge on any atom is -0.465 e. The van der Waals surface area contributed by atoms with E-state index < -0.39 is 5.97 Å². The van der Waals surface area contributed by atoms with E-state index in [1.807, 2.05) is 6.92 Å². The van der Waals surface area contributed by atoms with Gasteiger partial charge in [-0.1, -0.05) is 31.0 Å². The predicted molar refractivity (Wildman–Crippen MR) is 111 cm³/mol. The Morgan fingerprint density at radius 2 is 2.07 bits per heavy atom. The second-order valence-electron chi connectivity index (χ2n) is 6.85. The number of ether oxygens (including phenoxy) is 1. The highest BCUT2D eigenvalue weighted by Crippen LogP contribution is 2.33. The molecule has 2 aromatic rings. The van der Waals surface area contributed by atoms with Gasteiger partial charge in [0.15, 0.2) is 5.16 Å². The second-order valence-corrected chi connectivity index (χ2v) is 9.05. The first-order valence-electron chi connectivity index (χ1n) is 9.58. The molecule has 0 unspecified atom stereocenters. The average Bonchev–Trinajstić information content (AvgIpc) is 3.29. The van der Waals surface area contributed by atoms with Crippen molar-refractivity contribution in [1.29, 1.82) is 0 Å². The molecule has 1 aliphatic rings. The molecule has 152 valence electrons.